The van der Waals surface area contributed by atoms with Gasteiger partial charge in [-0.25, -0.2) is 0 Å². The number of rotatable bonds is 0. The fourth-order valence-electron chi connectivity index (χ4n) is 2.24. The monoisotopic (exact) mass is 223 g/mol. The first-order chi connectivity index (χ1) is 6.95. The van der Waals surface area contributed by atoms with Crippen molar-refractivity contribution in [2.45, 2.75) is 12.8 Å². The molecule has 0 unspecified atom stereocenters. The number of hydrogen-bond acceptors (Lipinski definition) is 2. The summed E-state index contributed by atoms with van der Waals surface area (Å²) in [4.78, 5) is 0. The molecule has 1 aromatic heterocycles. The number of fused-ring (bicyclic) bond motifs is 3. The summed E-state index contributed by atoms with van der Waals surface area (Å²) < 4.78 is 5.40. The SMILES string of the molecule is Cl.c1cc2c3c(ccc2o1)CCNCC3. The summed E-state index contributed by atoms with van der Waals surface area (Å²) in [5, 5.41) is 4.72. The molecule has 0 amide bonds. The van der Waals surface area contributed by atoms with Crippen molar-refractivity contribution < 1.29 is 4.42 Å². The zero-order valence-electron chi connectivity index (χ0n) is 8.45. The zero-order chi connectivity index (χ0) is 9.38. The second kappa shape index (κ2) is 4.25. The highest BCUT2D eigenvalue weighted by Crippen LogP contribution is 2.25. The molecule has 0 spiro atoms. The van der Waals surface area contributed by atoms with Crippen LogP contribution in [0.5, 0.6) is 0 Å². The molecular formula is C12H14ClNO. The van der Waals surface area contributed by atoms with Crippen LogP contribution < -0.4 is 5.32 Å². The highest BCUT2D eigenvalue weighted by molar-refractivity contribution is 5.85. The highest BCUT2D eigenvalue weighted by Gasteiger charge is 2.11. The van der Waals surface area contributed by atoms with Gasteiger partial charge in [-0.1, -0.05) is 6.07 Å². The topological polar surface area (TPSA) is 25.2 Å². The lowest BCUT2D eigenvalue weighted by atomic mass is 9.99. The minimum absolute atomic E-state index is 0. The molecule has 2 nitrogen and oxygen atoms in total. The van der Waals surface area contributed by atoms with E-state index in [4.69, 9.17) is 4.42 Å². The van der Waals surface area contributed by atoms with E-state index >= 15 is 0 Å². The van der Waals surface area contributed by atoms with E-state index in [-0.39, 0.29) is 12.4 Å². The van der Waals surface area contributed by atoms with Crippen LogP contribution in [0.3, 0.4) is 0 Å². The molecule has 0 atom stereocenters. The molecule has 2 heterocycles. The summed E-state index contributed by atoms with van der Waals surface area (Å²) in [5.74, 6) is 0. The predicted octanol–water partition coefficient (Wildman–Crippen LogP) is 2.54. The molecule has 2 aromatic rings. The third-order valence-corrected chi connectivity index (χ3v) is 2.97. The number of furan rings is 1. The van der Waals surface area contributed by atoms with Crippen LogP contribution in [0.2, 0.25) is 0 Å². The Balaban J connectivity index is 0.000000853. The summed E-state index contributed by atoms with van der Waals surface area (Å²) in [7, 11) is 0. The van der Waals surface area contributed by atoms with E-state index in [1.807, 2.05) is 0 Å². The highest BCUT2D eigenvalue weighted by atomic mass is 35.5. The molecule has 0 radical (unpaired) electrons. The summed E-state index contributed by atoms with van der Waals surface area (Å²) in [6.45, 7) is 2.17. The Morgan fingerprint density at radius 1 is 1.07 bits per heavy atom. The van der Waals surface area contributed by atoms with Gasteiger partial charge < -0.3 is 9.73 Å². The van der Waals surface area contributed by atoms with Crippen molar-refractivity contribution in [1.82, 2.24) is 5.32 Å². The Labute approximate surface area is 95.1 Å². The average molecular weight is 224 g/mol. The van der Waals surface area contributed by atoms with Gasteiger partial charge in [-0.05, 0) is 49.2 Å². The Morgan fingerprint density at radius 3 is 2.87 bits per heavy atom. The van der Waals surface area contributed by atoms with Crippen LogP contribution in [0.4, 0.5) is 0 Å². The Bertz CT molecular complexity index is 464. The Hall–Kier alpha value is -0.990. The first-order valence-corrected chi connectivity index (χ1v) is 5.14. The molecule has 80 valence electrons. The Morgan fingerprint density at radius 2 is 1.93 bits per heavy atom. The van der Waals surface area contributed by atoms with Gasteiger partial charge in [-0.2, -0.15) is 0 Å². The van der Waals surface area contributed by atoms with E-state index in [1.165, 1.54) is 16.5 Å². The van der Waals surface area contributed by atoms with Crippen LogP contribution in [0, 0.1) is 0 Å². The number of nitrogens with one attached hydrogen (secondary N) is 1. The normalized spacial score (nSPS) is 15.5. The van der Waals surface area contributed by atoms with Gasteiger partial charge in [0.1, 0.15) is 5.58 Å². The number of benzene rings is 1. The van der Waals surface area contributed by atoms with E-state index in [1.54, 1.807) is 6.26 Å². The van der Waals surface area contributed by atoms with E-state index in [0.717, 1.165) is 31.5 Å². The van der Waals surface area contributed by atoms with Gasteiger partial charge >= 0.3 is 0 Å². The van der Waals surface area contributed by atoms with Crippen molar-refractivity contribution in [3.8, 4) is 0 Å². The fourth-order valence-corrected chi connectivity index (χ4v) is 2.24. The largest absolute Gasteiger partial charge is 0.464 e. The maximum Gasteiger partial charge on any atom is 0.134 e. The van der Waals surface area contributed by atoms with Crippen molar-refractivity contribution >= 4 is 23.4 Å². The van der Waals surface area contributed by atoms with Crippen molar-refractivity contribution in [1.29, 1.82) is 0 Å². The smallest absolute Gasteiger partial charge is 0.134 e. The van der Waals surface area contributed by atoms with Crippen LogP contribution in [0.25, 0.3) is 11.0 Å². The second-order valence-electron chi connectivity index (χ2n) is 3.79. The van der Waals surface area contributed by atoms with E-state index in [2.05, 4.69) is 23.5 Å². The molecular weight excluding hydrogens is 210 g/mol. The standard InChI is InChI=1S/C12H13NO.ClH/c1-2-12-11(5-8-14-12)10-4-7-13-6-3-9(1)10;/h1-2,5,8,13H,3-4,6-7H2;1H. The van der Waals surface area contributed by atoms with E-state index in [9.17, 15) is 0 Å². The van der Waals surface area contributed by atoms with Crippen molar-refractivity contribution in [3.05, 3.63) is 35.6 Å². The predicted molar refractivity (Wildman–Crippen MR) is 63.7 cm³/mol. The van der Waals surface area contributed by atoms with Gasteiger partial charge in [0.25, 0.3) is 0 Å². The van der Waals surface area contributed by atoms with Gasteiger partial charge in [0.2, 0.25) is 0 Å². The molecule has 1 aliphatic rings. The molecule has 3 heteroatoms. The van der Waals surface area contributed by atoms with Crippen LogP contribution >= 0.6 is 12.4 Å². The molecule has 0 bridgehead atoms. The van der Waals surface area contributed by atoms with Gasteiger partial charge in [0.15, 0.2) is 0 Å². The van der Waals surface area contributed by atoms with Crippen molar-refractivity contribution in [2.75, 3.05) is 13.1 Å². The van der Waals surface area contributed by atoms with Gasteiger partial charge in [0.05, 0.1) is 6.26 Å². The van der Waals surface area contributed by atoms with E-state index < -0.39 is 0 Å². The number of halogens is 1. The van der Waals surface area contributed by atoms with Crippen LogP contribution in [0.1, 0.15) is 11.1 Å². The van der Waals surface area contributed by atoms with Crippen molar-refractivity contribution in [2.24, 2.45) is 0 Å². The molecule has 1 N–H and O–H groups in total. The lowest BCUT2D eigenvalue weighted by molar-refractivity contribution is 0.615. The summed E-state index contributed by atoms with van der Waals surface area (Å²) in [6, 6.07) is 6.37. The summed E-state index contributed by atoms with van der Waals surface area (Å²) in [5.41, 5.74) is 3.97. The molecule has 0 saturated carbocycles. The zero-order valence-corrected chi connectivity index (χ0v) is 9.27. The molecule has 1 aliphatic heterocycles. The lowest BCUT2D eigenvalue weighted by Gasteiger charge is -2.05. The lowest BCUT2D eigenvalue weighted by Crippen LogP contribution is -2.16. The number of hydrogen-bond donors (Lipinski definition) is 1. The quantitative estimate of drug-likeness (QED) is 0.743. The molecule has 0 saturated heterocycles. The minimum Gasteiger partial charge on any atom is -0.464 e. The molecule has 15 heavy (non-hydrogen) atoms. The minimum atomic E-state index is 0. The Kier molecular flexibility index (Phi) is 2.98. The van der Waals surface area contributed by atoms with Crippen LogP contribution in [0.15, 0.2) is 28.9 Å². The summed E-state index contributed by atoms with van der Waals surface area (Å²) >= 11 is 0. The van der Waals surface area contributed by atoms with Gasteiger partial charge in [0, 0.05) is 5.39 Å². The van der Waals surface area contributed by atoms with Gasteiger partial charge in [-0.3, -0.25) is 0 Å². The third kappa shape index (κ3) is 1.75. The molecule has 0 aliphatic carbocycles. The van der Waals surface area contributed by atoms with E-state index in [0.29, 0.717) is 0 Å². The maximum atomic E-state index is 5.40. The molecule has 1 aromatic carbocycles. The third-order valence-electron chi connectivity index (χ3n) is 2.97. The molecule has 3 rings (SSSR count). The van der Waals surface area contributed by atoms with Crippen LogP contribution in [-0.2, 0) is 12.8 Å². The average Bonchev–Trinajstić information content (AvgIpc) is 2.55. The van der Waals surface area contributed by atoms with Crippen molar-refractivity contribution in [3.63, 3.8) is 0 Å². The summed E-state index contributed by atoms with van der Waals surface area (Å²) in [6.07, 6.45) is 4.03. The first-order valence-electron chi connectivity index (χ1n) is 5.14. The van der Waals surface area contributed by atoms with Gasteiger partial charge in [-0.15, -0.1) is 12.4 Å². The second-order valence-corrected chi connectivity index (χ2v) is 3.79. The maximum absolute atomic E-state index is 5.40. The fraction of sp³-hybridized carbons (Fsp3) is 0.333. The first kappa shape index (κ1) is 10.5. The van der Waals surface area contributed by atoms with Crippen LogP contribution in [-0.4, -0.2) is 13.1 Å². The molecule has 0 fully saturated rings.